The zero-order chi connectivity index (χ0) is 15.4. The Bertz CT molecular complexity index is 677. The second-order valence-corrected chi connectivity index (χ2v) is 5.22. The second-order valence-electron chi connectivity index (χ2n) is 4.37. The number of primary amides is 1. The number of rotatable bonds is 5. The van der Waals surface area contributed by atoms with Gasteiger partial charge >= 0.3 is 0 Å². The third-order valence-corrected chi connectivity index (χ3v) is 3.75. The summed E-state index contributed by atoms with van der Waals surface area (Å²) in [5.41, 5.74) is 6.57. The molecule has 0 aromatic heterocycles. The van der Waals surface area contributed by atoms with Gasteiger partial charge < -0.3 is 15.8 Å². The molecule has 3 N–H and O–H groups in total. The predicted molar refractivity (Wildman–Crippen MR) is 82.9 cm³/mol. The summed E-state index contributed by atoms with van der Waals surface area (Å²) in [7, 11) is 1.58. The van der Waals surface area contributed by atoms with Crippen molar-refractivity contribution in [2.45, 2.75) is 6.54 Å². The van der Waals surface area contributed by atoms with Crippen molar-refractivity contribution in [2.24, 2.45) is 5.73 Å². The molecular formula is C15H14BrFN2O2. The smallest absolute Gasteiger partial charge is 0.248 e. The number of amides is 1. The molecule has 0 fully saturated rings. The van der Waals surface area contributed by atoms with Crippen LogP contribution in [0.2, 0.25) is 0 Å². The molecule has 0 bridgehead atoms. The summed E-state index contributed by atoms with van der Waals surface area (Å²) in [6, 6.07) is 9.47. The lowest BCUT2D eigenvalue weighted by atomic mass is 10.1. The summed E-state index contributed by atoms with van der Waals surface area (Å²) < 4.78 is 19.8. The number of hydrogen-bond acceptors (Lipinski definition) is 3. The minimum absolute atomic E-state index is 0.223. The van der Waals surface area contributed by atoms with Crippen LogP contribution in [0, 0.1) is 5.82 Å². The van der Waals surface area contributed by atoms with Crippen LogP contribution in [0.3, 0.4) is 0 Å². The van der Waals surface area contributed by atoms with Crippen LogP contribution in [-0.2, 0) is 6.54 Å². The van der Waals surface area contributed by atoms with Crippen molar-refractivity contribution >= 4 is 27.5 Å². The maximum absolute atomic E-state index is 13.7. The summed E-state index contributed by atoms with van der Waals surface area (Å²) in [6.07, 6.45) is 0. The lowest BCUT2D eigenvalue weighted by Crippen LogP contribution is -2.12. The van der Waals surface area contributed by atoms with Crippen molar-refractivity contribution in [2.75, 3.05) is 12.4 Å². The molecule has 0 aliphatic heterocycles. The summed E-state index contributed by atoms with van der Waals surface area (Å²) in [4.78, 5) is 11.1. The Labute approximate surface area is 130 Å². The van der Waals surface area contributed by atoms with Gasteiger partial charge in [-0.05, 0) is 42.0 Å². The molecule has 0 saturated carbocycles. The highest BCUT2D eigenvalue weighted by molar-refractivity contribution is 9.10. The molecule has 1 amide bonds. The van der Waals surface area contributed by atoms with E-state index in [1.165, 1.54) is 18.2 Å². The topological polar surface area (TPSA) is 64.3 Å². The molecule has 0 spiro atoms. The molecule has 4 nitrogen and oxygen atoms in total. The summed E-state index contributed by atoms with van der Waals surface area (Å²) >= 11 is 3.43. The molecule has 0 radical (unpaired) electrons. The number of ether oxygens (including phenoxy) is 1. The van der Waals surface area contributed by atoms with Crippen molar-refractivity contribution in [3.63, 3.8) is 0 Å². The predicted octanol–water partition coefficient (Wildman–Crippen LogP) is 3.31. The van der Waals surface area contributed by atoms with Gasteiger partial charge in [0.25, 0.3) is 0 Å². The van der Waals surface area contributed by atoms with Crippen LogP contribution in [-0.4, -0.2) is 13.0 Å². The molecular weight excluding hydrogens is 339 g/mol. The number of nitrogens with two attached hydrogens (primary N) is 1. The Hall–Kier alpha value is -2.08. The fraction of sp³-hybridized carbons (Fsp3) is 0.133. The van der Waals surface area contributed by atoms with Crippen molar-refractivity contribution < 1.29 is 13.9 Å². The molecule has 110 valence electrons. The van der Waals surface area contributed by atoms with Crippen LogP contribution >= 0.6 is 15.9 Å². The normalized spacial score (nSPS) is 10.2. The fourth-order valence-corrected chi connectivity index (χ4v) is 2.20. The van der Waals surface area contributed by atoms with Crippen LogP contribution in [0.25, 0.3) is 0 Å². The third kappa shape index (κ3) is 3.72. The Morgan fingerprint density at radius 2 is 2.10 bits per heavy atom. The summed E-state index contributed by atoms with van der Waals surface area (Å²) in [5, 5.41) is 2.95. The van der Waals surface area contributed by atoms with Crippen molar-refractivity contribution in [1.29, 1.82) is 0 Å². The number of anilines is 1. The molecule has 2 aromatic carbocycles. The van der Waals surface area contributed by atoms with Crippen molar-refractivity contribution in [1.82, 2.24) is 0 Å². The minimum Gasteiger partial charge on any atom is -0.497 e. The summed E-state index contributed by atoms with van der Waals surface area (Å²) in [6.45, 7) is 0.372. The number of halogens is 2. The fourth-order valence-electron chi connectivity index (χ4n) is 1.82. The molecule has 21 heavy (non-hydrogen) atoms. The van der Waals surface area contributed by atoms with Gasteiger partial charge in [-0.15, -0.1) is 0 Å². The Morgan fingerprint density at radius 3 is 2.76 bits per heavy atom. The lowest BCUT2D eigenvalue weighted by molar-refractivity contribution is 0.100. The zero-order valence-electron chi connectivity index (χ0n) is 11.3. The molecule has 0 aliphatic rings. The van der Waals surface area contributed by atoms with Crippen molar-refractivity contribution in [3.05, 3.63) is 57.8 Å². The Kier molecular flexibility index (Phi) is 4.80. The molecule has 6 heteroatoms. The number of benzene rings is 2. The highest BCUT2D eigenvalue weighted by atomic mass is 79.9. The van der Waals surface area contributed by atoms with E-state index in [9.17, 15) is 9.18 Å². The van der Waals surface area contributed by atoms with E-state index in [1.807, 2.05) is 18.2 Å². The first kappa shape index (κ1) is 15.3. The monoisotopic (exact) mass is 352 g/mol. The maximum atomic E-state index is 13.7. The van der Waals surface area contributed by atoms with Crippen LogP contribution in [0.1, 0.15) is 15.9 Å². The Morgan fingerprint density at radius 1 is 1.33 bits per heavy atom. The van der Waals surface area contributed by atoms with Gasteiger partial charge in [0.05, 0.1) is 12.8 Å². The number of carbonyl (C=O) groups is 1. The number of nitrogens with one attached hydrogen (secondary N) is 1. The first-order chi connectivity index (χ1) is 10.0. The third-order valence-electron chi connectivity index (χ3n) is 2.97. The van der Waals surface area contributed by atoms with Gasteiger partial charge in [-0.2, -0.15) is 0 Å². The van der Waals surface area contributed by atoms with Gasteiger partial charge in [0.2, 0.25) is 5.91 Å². The molecule has 0 unspecified atom stereocenters. The van der Waals surface area contributed by atoms with E-state index in [2.05, 4.69) is 21.2 Å². The van der Waals surface area contributed by atoms with Gasteiger partial charge in [-0.1, -0.05) is 15.9 Å². The average Bonchev–Trinajstić information content (AvgIpc) is 2.47. The molecule has 0 aliphatic carbocycles. The van der Waals surface area contributed by atoms with Gasteiger partial charge in [-0.3, -0.25) is 4.79 Å². The van der Waals surface area contributed by atoms with Crippen LogP contribution in [0.15, 0.2) is 40.9 Å². The van der Waals surface area contributed by atoms with Crippen molar-refractivity contribution in [3.8, 4) is 5.75 Å². The van der Waals surface area contributed by atoms with E-state index in [0.29, 0.717) is 12.3 Å². The van der Waals surface area contributed by atoms with Crippen LogP contribution < -0.4 is 15.8 Å². The van der Waals surface area contributed by atoms with E-state index >= 15 is 0 Å². The van der Waals surface area contributed by atoms with Gasteiger partial charge in [0, 0.05) is 16.6 Å². The molecule has 0 atom stereocenters. The van der Waals surface area contributed by atoms with Crippen LogP contribution in [0.5, 0.6) is 5.75 Å². The van der Waals surface area contributed by atoms with E-state index in [-0.39, 0.29) is 11.3 Å². The Balaban J connectivity index is 2.20. The zero-order valence-corrected chi connectivity index (χ0v) is 12.9. The van der Waals surface area contributed by atoms with Crippen LogP contribution in [0.4, 0.5) is 10.1 Å². The lowest BCUT2D eigenvalue weighted by Gasteiger charge is -2.11. The standard InChI is InChI=1S/C15H14BrFN2O2/c1-21-11-3-4-12(16)10(6-11)8-19-14-7-9(15(18)20)2-5-13(14)17/h2-7,19H,8H2,1H3,(H2,18,20). The molecule has 2 aromatic rings. The quantitative estimate of drug-likeness (QED) is 0.867. The van der Waals surface area contributed by atoms with E-state index in [0.717, 1.165) is 10.0 Å². The van der Waals surface area contributed by atoms with E-state index < -0.39 is 11.7 Å². The van der Waals surface area contributed by atoms with E-state index in [1.54, 1.807) is 7.11 Å². The SMILES string of the molecule is COc1ccc(Br)c(CNc2cc(C(N)=O)ccc2F)c1. The molecule has 0 saturated heterocycles. The van der Waals surface area contributed by atoms with Gasteiger partial charge in [0.15, 0.2) is 0 Å². The number of methoxy groups -OCH3 is 1. The number of carbonyl (C=O) groups excluding carboxylic acids is 1. The summed E-state index contributed by atoms with van der Waals surface area (Å²) in [5.74, 6) is -0.332. The average molecular weight is 353 g/mol. The largest absolute Gasteiger partial charge is 0.497 e. The maximum Gasteiger partial charge on any atom is 0.248 e. The molecule has 0 heterocycles. The van der Waals surface area contributed by atoms with E-state index in [4.69, 9.17) is 10.5 Å². The molecule has 2 rings (SSSR count). The highest BCUT2D eigenvalue weighted by Crippen LogP contribution is 2.24. The first-order valence-corrected chi connectivity index (χ1v) is 6.96. The number of hydrogen-bond donors (Lipinski definition) is 2. The van der Waals surface area contributed by atoms with Gasteiger partial charge in [0.1, 0.15) is 11.6 Å². The van der Waals surface area contributed by atoms with Gasteiger partial charge in [-0.25, -0.2) is 4.39 Å². The highest BCUT2D eigenvalue weighted by Gasteiger charge is 2.08. The minimum atomic E-state index is -0.597. The first-order valence-electron chi connectivity index (χ1n) is 6.17. The second kappa shape index (κ2) is 6.58.